The van der Waals surface area contributed by atoms with E-state index in [0.29, 0.717) is 22.2 Å². The predicted octanol–water partition coefficient (Wildman–Crippen LogP) is 3.95. The van der Waals surface area contributed by atoms with E-state index in [1.807, 2.05) is 0 Å². The molecule has 0 radical (unpaired) electrons. The van der Waals surface area contributed by atoms with E-state index >= 15 is 0 Å². The number of hydrogen-bond donors (Lipinski definition) is 2. The highest BCUT2D eigenvalue weighted by molar-refractivity contribution is 8.00. The van der Waals surface area contributed by atoms with Crippen LogP contribution in [0.4, 0.5) is 11.4 Å². The van der Waals surface area contributed by atoms with Crippen LogP contribution < -0.4 is 9.29 Å². The number of para-hydroxylation sites is 2. The maximum Gasteiger partial charge on any atom is 0.336 e. The van der Waals surface area contributed by atoms with Crippen molar-refractivity contribution in [3.05, 3.63) is 88.0 Å². The normalized spacial score (nSPS) is 11.5. The van der Waals surface area contributed by atoms with Crippen LogP contribution in [0.15, 0.2) is 76.8 Å². The van der Waals surface area contributed by atoms with Gasteiger partial charge in [0.2, 0.25) is 5.91 Å². The van der Waals surface area contributed by atoms with Gasteiger partial charge in [-0.2, -0.15) is 8.42 Å². The van der Waals surface area contributed by atoms with Gasteiger partial charge in [-0.15, -0.1) is 3.97 Å². The van der Waals surface area contributed by atoms with Gasteiger partial charge in [0.15, 0.2) is 11.0 Å². The van der Waals surface area contributed by atoms with Crippen LogP contribution in [0, 0.1) is 24.0 Å². The highest BCUT2D eigenvalue weighted by atomic mass is 32.2. The van der Waals surface area contributed by atoms with Crippen LogP contribution in [-0.4, -0.2) is 30.0 Å². The SMILES string of the molecule is Cc1cc(C)c(NC(=O)CSc2[nH]c3ccccc3[n+]2S(=O)(=O)c2ccccc2)c([N+](=O)[O-])c1. The van der Waals surface area contributed by atoms with Gasteiger partial charge in [-0.05, 0) is 61.0 Å². The maximum atomic E-state index is 13.4. The molecule has 2 N–H and O–H groups in total. The summed E-state index contributed by atoms with van der Waals surface area (Å²) in [6.07, 6.45) is 0. The van der Waals surface area contributed by atoms with Crippen molar-refractivity contribution >= 4 is 50.1 Å². The van der Waals surface area contributed by atoms with Gasteiger partial charge in [0.25, 0.3) is 5.69 Å². The first kappa shape index (κ1) is 23.5. The molecule has 11 heteroatoms. The number of thioether (sulfide) groups is 1. The Morgan fingerprint density at radius 1 is 1.09 bits per heavy atom. The largest absolute Gasteiger partial charge is 0.336 e. The van der Waals surface area contributed by atoms with Crippen LogP contribution in [-0.2, 0) is 14.8 Å². The first-order chi connectivity index (χ1) is 16.2. The fourth-order valence-electron chi connectivity index (χ4n) is 3.62. The maximum absolute atomic E-state index is 13.4. The molecule has 0 unspecified atom stereocenters. The minimum Gasteiger partial charge on any atom is -0.319 e. The van der Waals surface area contributed by atoms with Crippen molar-refractivity contribution in [2.24, 2.45) is 0 Å². The van der Waals surface area contributed by atoms with Gasteiger partial charge < -0.3 is 5.32 Å². The summed E-state index contributed by atoms with van der Waals surface area (Å²) in [6.45, 7) is 3.42. The second kappa shape index (κ2) is 9.27. The average Bonchev–Trinajstić information content (AvgIpc) is 3.19. The summed E-state index contributed by atoms with van der Waals surface area (Å²) in [6, 6.07) is 18.1. The van der Waals surface area contributed by atoms with Crippen LogP contribution >= 0.6 is 11.8 Å². The standard InChI is InChI=1S/C23H20N4O5S2/c1-15-12-16(2)22(20(13-15)27(29)30)25-21(28)14-33-23-24-18-10-6-7-11-19(18)26(23)34(31,32)17-8-4-3-5-9-17/h3-13H,14H2,1-2H3,(H,25,28)/p+1. The Balaban J connectivity index is 1.65. The topological polar surface area (TPSA) is 126 Å². The first-order valence-corrected chi connectivity index (χ1v) is 12.6. The number of aryl methyl sites for hydroxylation is 2. The number of nitrogens with one attached hydrogen (secondary N) is 2. The molecule has 0 saturated carbocycles. The number of carbonyl (C=O) groups is 1. The number of fused-ring (bicyclic) bond motifs is 1. The summed E-state index contributed by atoms with van der Waals surface area (Å²) < 4.78 is 28.0. The molecular weight excluding hydrogens is 476 g/mol. The van der Waals surface area contributed by atoms with E-state index in [-0.39, 0.29) is 27.2 Å². The number of nitro groups is 1. The van der Waals surface area contributed by atoms with E-state index in [1.165, 1.54) is 22.2 Å². The van der Waals surface area contributed by atoms with Crippen molar-refractivity contribution in [1.82, 2.24) is 4.98 Å². The van der Waals surface area contributed by atoms with Gasteiger partial charge in [-0.25, -0.2) is 4.98 Å². The van der Waals surface area contributed by atoms with Crippen LogP contribution in [0.2, 0.25) is 0 Å². The highest BCUT2D eigenvalue weighted by Gasteiger charge is 2.32. The van der Waals surface area contributed by atoms with Crippen molar-refractivity contribution in [2.75, 3.05) is 11.1 Å². The Labute approximate surface area is 200 Å². The molecule has 0 bridgehead atoms. The molecule has 0 fully saturated rings. The van der Waals surface area contributed by atoms with E-state index < -0.39 is 20.9 Å². The molecule has 9 nitrogen and oxygen atoms in total. The number of H-pyrrole nitrogens is 1. The summed E-state index contributed by atoms with van der Waals surface area (Å²) in [7, 11) is -3.95. The van der Waals surface area contributed by atoms with Crippen molar-refractivity contribution in [3.63, 3.8) is 0 Å². The van der Waals surface area contributed by atoms with E-state index in [2.05, 4.69) is 10.3 Å². The van der Waals surface area contributed by atoms with Crippen LogP contribution in [0.3, 0.4) is 0 Å². The zero-order valence-corrected chi connectivity index (χ0v) is 19.9. The Kier molecular flexibility index (Phi) is 6.40. The summed E-state index contributed by atoms with van der Waals surface area (Å²) in [5, 5.41) is 14.3. The number of amides is 1. The molecule has 34 heavy (non-hydrogen) atoms. The third-order valence-electron chi connectivity index (χ3n) is 5.09. The molecule has 0 aliphatic rings. The highest BCUT2D eigenvalue weighted by Crippen LogP contribution is 2.30. The molecule has 0 aliphatic heterocycles. The number of benzene rings is 3. The summed E-state index contributed by atoms with van der Waals surface area (Å²) in [5.74, 6) is -0.663. The van der Waals surface area contributed by atoms with Crippen molar-refractivity contribution in [3.8, 4) is 0 Å². The van der Waals surface area contributed by atoms with E-state index in [4.69, 9.17) is 0 Å². The van der Waals surface area contributed by atoms with Gasteiger partial charge in [-0.1, -0.05) is 36.4 Å². The third-order valence-corrected chi connectivity index (χ3v) is 7.90. The predicted molar refractivity (Wildman–Crippen MR) is 129 cm³/mol. The molecule has 4 aromatic rings. The molecule has 4 rings (SSSR count). The number of aromatic nitrogens is 2. The lowest BCUT2D eigenvalue weighted by atomic mass is 10.1. The van der Waals surface area contributed by atoms with Crippen molar-refractivity contribution in [1.29, 1.82) is 0 Å². The van der Waals surface area contributed by atoms with Gasteiger partial charge in [-0.3, -0.25) is 14.9 Å². The number of nitro benzene ring substituents is 1. The number of imidazole rings is 1. The number of rotatable bonds is 7. The molecule has 174 valence electrons. The van der Waals surface area contributed by atoms with Crippen LogP contribution in [0.1, 0.15) is 11.1 Å². The molecule has 1 amide bonds. The number of hydrogen-bond acceptors (Lipinski definition) is 6. The fourth-order valence-corrected chi connectivity index (χ4v) is 6.21. The third kappa shape index (κ3) is 4.52. The minimum absolute atomic E-state index is 0.113. The molecule has 0 aliphatic carbocycles. The lowest BCUT2D eigenvalue weighted by Gasteiger charge is -2.09. The fraction of sp³-hybridized carbons (Fsp3) is 0.130. The molecule has 0 atom stereocenters. The van der Waals surface area contributed by atoms with E-state index in [0.717, 1.165) is 11.8 Å². The lowest BCUT2D eigenvalue weighted by molar-refractivity contribution is -0.526. The van der Waals surface area contributed by atoms with Gasteiger partial charge >= 0.3 is 15.2 Å². The Morgan fingerprint density at radius 2 is 1.76 bits per heavy atom. The lowest BCUT2D eigenvalue weighted by Crippen LogP contribution is -2.44. The number of aromatic amines is 1. The Bertz CT molecular complexity index is 1520. The summed E-state index contributed by atoms with van der Waals surface area (Å²) >= 11 is 0.991. The minimum atomic E-state index is -3.95. The Hall–Kier alpha value is -3.70. The van der Waals surface area contributed by atoms with E-state index in [1.54, 1.807) is 62.4 Å². The first-order valence-electron chi connectivity index (χ1n) is 10.2. The second-order valence-electron chi connectivity index (χ2n) is 7.60. The van der Waals surface area contributed by atoms with Gasteiger partial charge in [0, 0.05) is 6.07 Å². The average molecular weight is 498 g/mol. The van der Waals surface area contributed by atoms with Crippen LogP contribution in [0.25, 0.3) is 11.0 Å². The summed E-state index contributed by atoms with van der Waals surface area (Å²) in [5.41, 5.74) is 2.25. The number of nitrogens with zero attached hydrogens (tertiary/aromatic N) is 2. The smallest absolute Gasteiger partial charge is 0.319 e. The van der Waals surface area contributed by atoms with Gasteiger partial charge in [0.1, 0.15) is 10.6 Å². The van der Waals surface area contributed by atoms with E-state index in [9.17, 15) is 23.3 Å². The molecule has 1 aromatic heterocycles. The van der Waals surface area contributed by atoms with Gasteiger partial charge in [0.05, 0.1) is 10.7 Å². The monoisotopic (exact) mass is 497 g/mol. The number of anilines is 1. The zero-order valence-electron chi connectivity index (χ0n) is 18.3. The Morgan fingerprint density at radius 3 is 2.47 bits per heavy atom. The quantitative estimate of drug-likeness (QED) is 0.172. The van der Waals surface area contributed by atoms with Crippen LogP contribution in [0.5, 0.6) is 0 Å². The number of carbonyl (C=O) groups excluding carboxylic acids is 1. The van der Waals surface area contributed by atoms with Crippen molar-refractivity contribution in [2.45, 2.75) is 23.9 Å². The molecule has 0 saturated heterocycles. The molecule has 3 aromatic carbocycles. The summed E-state index contributed by atoms with van der Waals surface area (Å²) in [4.78, 5) is 26.8. The zero-order chi connectivity index (χ0) is 24.5. The molecule has 1 heterocycles. The molecular formula is C23H21N4O5S2+. The second-order valence-corrected chi connectivity index (χ2v) is 10.4. The molecule has 0 spiro atoms. The van der Waals surface area contributed by atoms with Crippen molar-refractivity contribution < 1.29 is 22.1 Å².